The second-order valence-corrected chi connectivity index (χ2v) is 33.0. The van der Waals surface area contributed by atoms with E-state index in [1.54, 1.807) is 64.9 Å². The molecule has 0 aromatic carbocycles. The number of aliphatic hydroxyl groups excluding tert-OH is 2. The molecule has 111 heavy (non-hydrogen) atoms. The average Bonchev–Trinajstić information content (AvgIpc) is 1.68. The van der Waals surface area contributed by atoms with Crippen LogP contribution in [-0.2, 0) is 90.6 Å². The van der Waals surface area contributed by atoms with Crippen LogP contribution in [0.5, 0.6) is 0 Å². The Morgan fingerprint density at radius 2 is 1.46 bits per heavy atom. The summed E-state index contributed by atoms with van der Waals surface area (Å²) in [6.45, 7) is 25.7. The maximum atomic E-state index is 14.8. The fourth-order valence-electron chi connectivity index (χ4n) is 18.4. The Kier molecular flexibility index (Phi) is 32.1. The van der Waals surface area contributed by atoms with Crippen molar-refractivity contribution < 1.29 is 106 Å². The van der Waals surface area contributed by atoms with E-state index in [0.29, 0.717) is 127 Å². The number of allylic oxidation sites excluding steroid dienone is 7. The van der Waals surface area contributed by atoms with E-state index in [-0.39, 0.29) is 104 Å². The summed E-state index contributed by atoms with van der Waals surface area (Å²) in [5, 5.41) is 35.9. The van der Waals surface area contributed by atoms with Crippen molar-refractivity contribution >= 4 is 58.9 Å². The normalized spacial score (nSPS) is 36.0. The van der Waals surface area contributed by atoms with Crippen LogP contribution in [-0.4, -0.2) is 198 Å². The van der Waals surface area contributed by atoms with E-state index in [2.05, 4.69) is 13.2 Å². The minimum Gasteiger partial charge on any atom is -0.504 e. The number of nitrogens with zero attached hydrogens (tertiary/aromatic N) is 2. The number of esters is 5. The lowest BCUT2D eigenvalue weighted by molar-refractivity contribution is -0.265. The Morgan fingerprint density at radius 3 is 2.10 bits per heavy atom. The molecule has 3 N–H and O–H groups in total. The molecule has 8 aliphatic rings. The molecule has 4 aliphatic carbocycles. The monoisotopic (exact) mass is 1550 g/mol. The Hall–Kier alpha value is -7.48. The SMILES string of the molecule is C=CCN(/C=C1/C(=O)O[C@H](COC)[C@@]2(C)C1=C(O)C(=O)C1=C2[C@H](OC(C)=O)C[C@]2(C)[C@@H](OC(=O)CCCCCCC(=O)OC3CCC(C[C@@H](C)[C@@H]4CC(=O)[C@H](C)/C=C(\C)[C@@H](O)[C@@H](OC)C(=O)[C@H](C)C[C@H](C)/C=C/C=C/C=C(\C)[C@@H](OC)C[C@@H]5CC[C@@H](C)[C@@](O)(O5)C(=O)C(=O)N5CCCC[C@H]5C(=O)O4)CC3)CC[C@@H]12)CC=C. The fraction of sp³-hybridized carbons (Fsp3) is 0.678. The van der Waals surface area contributed by atoms with Crippen LogP contribution in [0.1, 0.15) is 210 Å². The number of methoxy groups -OCH3 is 3. The molecule has 614 valence electrons. The standard InChI is InChI=1S/C87H124N2O22/c1-16-40-88(41-17-2)49-62-74-79(97)78(96)73-63-38-39-69(85(63,11)48-68(106-58(10)90)75(73)86(74,12)70(50-103-13)110-83(62)100)109-72(93)31-24-19-18-23-30-71(92)107-60-36-33-59(34-37-60)45-54(6)67-47-65(91)53(5)44-56(8)77(95)80(105-15)76(94)55(7)43-51(3)27-21-20-22-28-52(4)66(104-14)46-61-35-32-57(9)87(102,111-61)81(98)82(99)89-42-26-25-29-64(89)84(101)108-67/h16-17,20-22,27-28,44,49,51,53-55,57,59-61,63-64,66-70,77,80,95,97,102H,1-2,18-19,23-26,29-43,45-48,50H2,3-15H3/b22-20+,27-21+,52-28+,56-44+,62-49+/t51-,53-,54-,55-,57-,59?,60?,61+,63+,64+,66+,67+,68-,69+,70-,77-,80+,85+,86+,87-/m1/s1. The highest BCUT2D eigenvalue weighted by atomic mass is 16.6. The lowest BCUT2D eigenvalue weighted by Crippen LogP contribution is -2.61. The molecule has 0 spiro atoms. The van der Waals surface area contributed by atoms with Gasteiger partial charge in [-0.25, -0.2) is 9.59 Å². The topological polar surface area (TPSA) is 321 Å². The zero-order chi connectivity index (χ0) is 81.4. The number of fused-ring (bicyclic) bond motifs is 7. The molecule has 18 atom stereocenters. The van der Waals surface area contributed by atoms with Gasteiger partial charge in [0, 0.05) is 114 Å². The second-order valence-electron chi connectivity index (χ2n) is 33.0. The maximum absolute atomic E-state index is 14.8. The molecular weight excluding hydrogens is 1420 g/mol. The zero-order valence-corrected chi connectivity index (χ0v) is 67.8. The van der Waals surface area contributed by atoms with Crippen LogP contribution in [0.3, 0.4) is 0 Å². The molecule has 24 heteroatoms. The van der Waals surface area contributed by atoms with E-state index in [1.807, 2.05) is 58.1 Å². The molecule has 2 bridgehead atoms. The molecule has 0 aromatic heterocycles. The molecule has 2 saturated carbocycles. The van der Waals surface area contributed by atoms with Crippen LogP contribution >= 0.6 is 0 Å². The Labute approximate surface area is 655 Å². The first kappa shape index (κ1) is 89.1. The van der Waals surface area contributed by atoms with Gasteiger partial charge in [0.1, 0.15) is 54.6 Å². The average molecular weight is 1550 g/mol. The number of rotatable bonds is 22. The van der Waals surface area contributed by atoms with Crippen LogP contribution in [0.2, 0.25) is 0 Å². The van der Waals surface area contributed by atoms with Gasteiger partial charge in [0.2, 0.25) is 11.6 Å². The highest BCUT2D eigenvalue weighted by Crippen LogP contribution is 2.64. The van der Waals surface area contributed by atoms with E-state index in [0.717, 1.165) is 5.57 Å². The Balaban J connectivity index is 0.872. The summed E-state index contributed by atoms with van der Waals surface area (Å²) >= 11 is 0. The third kappa shape index (κ3) is 21.1. The van der Waals surface area contributed by atoms with Gasteiger partial charge in [0.05, 0.1) is 29.8 Å². The highest BCUT2D eigenvalue weighted by Gasteiger charge is 2.65. The van der Waals surface area contributed by atoms with Crippen molar-refractivity contribution in [3.63, 3.8) is 0 Å². The van der Waals surface area contributed by atoms with Gasteiger partial charge in [-0.3, -0.25) is 38.4 Å². The molecule has 8 rings (SSSR count). The largest absolute Gasteiger partial charge is 0.504 e. The van der Waals surface area contributed by atoms with Gasteiger partial charge in [-0.1, -0.05) is 103 Å². The Bertz CT molecular complexity index is 3640. The number of carbonyl (C=O) groups is 10. The number of hydrogen-bond donors (Lipinski definition) is 3. The summed E-state index contributed by atoms with van der Waals surface area (Å²) < 4.78 is 54.2. The van der Waals surface area contributed by atoms with Crippen molar-refractivity contribution in [2.45, 2.75) is 277 Å². The fourth-order valence-corrected chi connectivity index (χ4v) is 18.4. The van der Waals surface area contributed by atoms with Crippen LogP contribution in [0, 0.1) is 52.3 Å². The lowest BCUT2D eigenvalue weighted by atomic mass is 9.53. The van der Waals surface area contributed by atoms with E-state index in [1.165, 1.54) is 32.2 Å². The minimum atomic E-state index is -2.49. The van der Waals surface area contributed by atoms with Crippen molar-refractivity contribution in [2.24, 2.45) is 52.3 Å². The first-order chi connectivity index (χ1) is 52.7. The molecule has 0 unspecified atom stereocenters. The van der Waals surface area contributed by atoms with E-state index >= 15 is 0 Å². The van der Waals surface area contributed by atoms with Gasteiger partial charge >= 0.3 is 29.8 Å². The third-order valence-corrected chi connectivity index (χ3v) is 24.8. The summed E-state index contributed by atoms with van der Waals surface area (Å²) in [5.74, 6) is -12.5. The molecular formula is C87H124N2O22. The second kappa shape index (κ2) is 40.0. The summed E-state index contributed by atoms with van der Waals surface area (Å²) in [6.07, 6.45) is 17.3. The van der Waals surface area contributed by atoms with Crippen molar-refractivity contribution in [3.05, 3.63) is 107 Å². The van der Waals surface area contributed by atoms with E-state index in [9.17, 15) is 63.3 Å². The predicted molar refractivity (Wildman–Crippen MR) is 413 cm³/mol. The third-order valence-electron chi connectivity index (χ3n) is 24.8. The summed E-state index contributed by atoms with van der Waals surface area (Å²) in [4.78, 5) is 144. The number of ketones is 4. The molecule has 0 radical (unpaired) electrons. The number of cyclic esters (lactones) is 2. The summed E-state index contributed by atoms with van der Waals surface area (Å²) in [5.41, 5.74) is -0.428. The lowest BCUT2D eigenvalue weighted by Gasteiger charge is -2.54. The van der Waals surface area contributed by atoms with Crippen molar-refractivity contribution in [3.8, 4) is 0 Å². The highest BCUT2D eigenvalue weighted by molar-refractivity contribution is 6.39. The van der Waals surface area contributed by atoms with E-state index in [4.69, 9.17) is 42.6 Å². The maximum Gasteiger partial charge on any atom is 0.340 e. The number of aliphatic hydroxyl groups is 3. The van der Waals surface area contributed by atoms with Crippen LogP contribution < -0.4 is 0 Å². The number of hydrogen-bond acceptors (Lipinski definition) is 23. The molecule has 4 aliphatic heterocycles. The zero-order valence-electron chi connectivity index (χ0n) is 67.8. The van der Waals surface area contributed by atoms with Crippen LogP contribution in [0.15, 0.2) is 107 Å². The smallest absolute Gasteiger partial charge is 0.340 e. The molecule has 24 nitrogen and oxygen atoms in total. The van der Waals surface area contributed by atoms with Gasteiger partial charge in [0.15, 0.2) is 11.5 Å². The number of piperidine rings is 1. The van der Waals surface area contributed by atoms with Gasteiger partial charge < -0.3 is 67.8 Å². The molecule has 3 saturated heterocycles. The van der Waals surface area contributed by atoms with Gasteiger partial charge in [-0.2, -0.15) is 0 Å². The van der Waals surface area contributed by atoms with Gasteiger partial charge in [-0.05, 0) is 164 Å². The van der Waals surface area contributed by atoms with E-state index < -0.39 is 148 Å². The van der Waals surface area contributed by atoms with Crippen molar-refractivity contribution in [2.75, 3.05) is 47.6 Å². The summed E-state index contributed by atoms with van der Waals surface area (Å²) in [6, 6.07) is -1.21. The molecule has 1 amide bonds. The van der Waals surface area contributed by atoms with Crippen LogP contribution in [0.25, 0.3) is 0 Å². The van der Waals surface area contributed by atoms with Gasteiger partial charge in [0.25, 0.3) is 11.7 Å². The number of Topliss-reactive ketones (excluding diaryl/α,β-unsaturated/α-hetero) is 4. The number of amides is 1. The first-order valence-corrected chi connectivity index (χ1v) is 40.3. The molecule has 4 heterocycles. The molecule has 5 fully saturated rings. The van der Waals surface area contributed by atoms with Crippen molar-refractivity contribution in [1.29, 1.82) is 0 Å². The van der Waals surface area contributed by atoms with Crippen LogP contribution in [0.4, 0.5) is 0 Å². The number of ether oxygens (including phenoxy) is 9. The van der Waals surface area contributed by atoms with Gasteiger partial charge in [-0.15, -0.1) is 13.2 Å². The summed E-state index contributed by atoms with van der Waals surface area (Å²) in [7, 11) is 4.38. The quantitative estimate of drug-likeness (QED) is 0.0226. The number of unbranched alkanes of at least 4 members (excludes halogenated alkanes) is 3. The predicted octanol–water partition coefficient (Wildman–Crippen LogP) is 11.9. The number of carbonyl (C=O) groups excluding carboxylic acids is 10. The van der Waals surface area contributed by atoms with Crippen molar-refractivity contribution in [1.82, 2.24) is 9.80 Å². The molecule has 0 aromatic rings. The first-order valence-electron chi connectivity index (χ1n) is 40.3. The Morgan fingerprint density at radius 1 is 0.784 bits per heavy atom. The minimum absolute atomic E-state index is 0.0233.